The molecule has 4 heteroatoms. The van der Waals surface area contributed by atoms with Crippen LogP contribution < -0.4 is 16.4 Å². The first-order valence-corrected chi connectivity index (χ1v) is 26.5. The number of benzene rings is 11. The molecule has 0 spiro atoms. The van der Waals surface area contributed by atoms with E-state index in [9.17, 15) is 0 Å². The maximum absolute atomic E-state index is 2.70. The number of rotatable bonds is 1. The van der Waals surface area contributed by atoms with Crippen LogP contribution in [0.3, 0.4) is 0 Å². The first-order chi connectivity index (χ1) is 36.0. The van der Waals surface area contributed by atoms with Gasteiger partial charge in [-0.1, -0.05) is 175 Å². The van der Waals surface area contributed by atoms with Crippen molar-refractivity contribution in [2.45, 2.75) is 52.4 Å². The number of nitrogens with zero attached hydrogens (tertiary/aromatic N) is 3. The molecule has 2 aliphatic heterocycles. The zero-order chi connectivity index (χ0) is 49.0. The average molecular weight is 942 g/mol. The summed E-state index contributed by atoms with van der Waals surface area (Å²) in [7, 11) is 0. The van der Waals surface area contributed by atoms with E-state index >= 15 is 0 Å². The number of aromatic nitrogens is 3. The van der Waals surface area contributed by atoms with E-state index in [4.69, 9.17) is 0 Å². The van der Waals surface area contributed by atoms with E-state index < -0.39 is 0 Å². The Morgan fingerprint density at radius 3 is 1.41 bits per heavy atom. The van der Waals surface area contributed by atoms with Crippen molar-refractivity contribution in [2.24, 2.45) is 0 Å². The molecule has 3 nitrogen and oxygen atoms in total. The molecule has 0 bridgehead atoms. The molecule has 0 fully saturated rings. The van der Waals surface area contributed by atoms with Crippen LogP contribution in [-0.2, 0) is 10.8 Å². The Morgan fingerprint density at radius 2 is 0.811 bits per heavy atom. The second-order valence-electron chi connectivity index (χ2n) is 24.0. The van der Waals surface area contributed by atoms with Gasteiger partial charge in [0.05, 0.1) is 38.8 Å². The molecule has 2 aliphatic carbocycles. The normalized spacial score (nSPS) is 13.8. The Labute approximate surface area is 428 Å². The Hall–Kier alpha value is -8.60. The summed E-state index contributed by atoms with van der Waals surface area (Å²) in [6.45, 7) is 14.0. The maximum atomic E-state index is 2.70. The zero-order valence-electron chi connectivity index (χ0n) is 42.2. The number of hydrogen-bond donors (Lipinski definition) is 0. The SMILES string of the molecule is CC(C)(C)c1ccc2c(c1)c1cc(C(C)(C)C)ccc1n2-c1cc2c3c(c1)-n1c4cccc5c4c4c6c(cccc6cc(c41)B3c1ccc3c4c6c7c(cccc7ccc6n-2c14)-c1ccccc1-3)-c1ccccc1-5. The van der Waals surface area contributed by atoms with Crippen molar-refractivity contribution < 1.29 is 0 Å². The van der Waals surface area contributed by atoms with Crippen LogP contribution in [0, 0.1) is 0 Å². The number of fused-ring (bicyclic) bond motifs is 15. The summed E-state index contributed by atoms with van der Waals surface area (Å²) in [5.41, 5.74) is 28.6. The van der Waals surface area contributed by atoms with Crippen LogP contribution >= 0.6 is 0 Å². The third-order valence-electron chi connectivity index (χ3n) is 18.2. The predicted octanol–water partition coefficient (Wildman–Crippen LogP) is 16.3. The van der Waals surface area contributed by atoms with Crippen LogP contribution in [-0.4, -0.2) is 20.4 Å². The van der Waals surface area contributed by atoms with E-state index in [0.29, 0.717) is 0 Å². The molecule has 3 aromatic heterocycles. The summed E-state index contributed by atoms with van der Waals surface area (Å²) >= 11 is 0. The van der Waals surface area contributed by atoms with E-state index in [1.807, 2.05) is 0 Å². The van der Waals surface area contributed by atoms with Gasteiger partial charge >= 0.3 is 0 Å². The standard InChI is InChI=1S/C70H48BN3/c1-69(2,3)39-25-30-54-50(33-39)51-34-40(70(4,5)6)26-31-55(51)72(54)41-35-58-66-59(36-41)74-57-29-24-37-14-11-20-46-43-17-8-10-19-45(43)49-27-28-52(67(74)63(49)64(57)60(37)46)71(66)53-32-38-15-12-21-47-42-16-7-9-18-44(42)48-22-13-23-56-62(48)65(61(38)47)68(53)73(56)58/h7-36H,1-6H3. The molecule has 18 rings (SSSR count). The highest BCUT2D eigenvalue weighted by molar-refractivity contribution is 7.00. The third kappa shape index (κ3) is 4.61. The van der Waals surface area contributed by atoms with Gasteiger partial charge in [0.1, 0.15) is 0 Å². The molecular formula is C70H48BN3. The molecule has 14 aromatic rings. The largest absolute Gasteiger partial charge is 0.310 e. The summed E-state index contributed by atoms with van der Waals surface area (Å²) in [6.07, 6.45) is 0. The Balaban J connectivity index is 1.07. The molecule has 0 amide bonds. The minimum atomic E-state index is -0.0232. The van der Waals surface area contributed by atoms with Crippen molar-refractivity contribution in [3.05, 3.63) is 193 Å². The van der Waals surface area contributed by atoms with Gasteiger partial charge in [0.2, 0.25) is 0 Å². The molecule has 0 radical (unpaired) electrons. The lowest BCUT2D eigenvalue weighted by Crippen LogP contribution is -2.59. The van der Waals surface area contributed by atoms with E-state index in [1.165, 1.54) is 176 Å². The summed E-state index contributed by atoms with van der Waals surface area (Å²) < 4.78 is 8.00. The van der Waals surface area contributed by atoms with Gasteiger partial charge in [-0.05, 0) is 153 Å². The molecule has 346 valence electrons. The Morgan fingerprint density at radius 1 is 0.324 bits per heavy atom. The molecule has 0 atom stereocenters. The van der Waals surface area contributed by atoms with Gasteiger partial charge in [-0.3, -0.25) is 0 Å². The first kappa shape index (κ1) is 40.0. The number of hydrogen-bond acceptors (Lipinski definition) is 0. The predicted molar refractivity (Wildman–Crippen MR) is 315 cm³/mol. The van der Waals surface area contributed by atoms with Crippen molar-refractivity contribution >= 4 is 110 Å². The molecule has 5 heterocycles. The summed E-state index contributed by atoms with van der Waals surface area (Å²) in [5.74, 6) is 0. The molecule has 74 heavy (non-hydrogen) atoms. The van der Waals surface area contributed by atoms with Gasteiger partial charge in [0.25, 0.3) is 6.71 Å². The molecule has 0 saturated carbocycles. The monoisotopic (exact) mass is 941 g/mol. The van der Waals surface area contributed by atoms with E-state index in [1.54, 1.807) is 0 Å². The van der Waals surface area contributed by atoms with Crippen LogP contribution in [0.4, 0.5) is 0 Å². The van der Waals surface area contributed by atoms with E-state index in [2.05, 4.69) is 237 Å². The minimum Gasteiger partial charge on any atom is -0.310 e. The van der Waals surface area contributed by atoms with Crippen molar-refractivity contribution in [2.75, 3.05) is 0 Å². The van der Waals surface area contributed by atoms with Crippen molar-refractivity contribution in [3.8, 4) is 61.6 Å². The van der Waals surface area contributed by atoms with Crippen LogP contribution in [0.25, 0.3) is 149 Å². The first-order valence-electron chi connectivity index (χ1n) is 26.5. The molecule has 0 saturated heterocycles. The Bertz CT molecular complexity index is 4970. The third-order valence-corrected chi connectivity index (χ3v) is 18.2. The fourth-order valence-electron chi connectivity index (χ4n) is 15.0. The smallest absolute Gasteiger partial charge is 0.252 e. The highest BCUT2D eigenvalue weighted by Crippen LogP contribution is 2.53. The maximum Gasteiger partial charge on any atom is 0.252 e. The summed E-state index contributed by atoms with van der Waals surface area (Å²) in [4.78, 5) is 0. The molecule has 0 N–H and O–H groups in total. The quantitative estimate of drug-likeness (QED) is 0.146. The van der Waals surface area contributed by atoms with Crippen LogP contribution in [0.15, 0.2) is 182 Å². The summed E-state index contributed by atoms with van der Waals surface area (Å²) in [5, 5.41) is 13.3. The van der Waals surface area contributed by atoms with Crippen molar-refractivity contribution in [3.63, 3.8) is 0 Å². The highest BCUT2D eigenvalue weighted by atomic mass is 15.1. The Kier molecular flexibility index (Phi) is 6.99. The average Bonchev–Trinajstić information content (AvgIpc) is 4.21. The zero-order valence-corrected chi connectivity index (χ0v) is 42.2. The van der Waals surface area contributed by atoms with Crippen LogP contribution in [0.1, 0.15) is 52.7 Å². The second kappa shape index (κ2) is 12.9. The lowest BCUT2D eigenvalue weighted by atomic mass is 9.34. The lowest BCUT2D eigenvalue weighted by Gasteiger charge is -2.35. The minimum absolute atomic E-state index is 0.00426. The van der Waals surface area contributed by atoms with E-state index in [-0.39, 0.29) is 17.5 Å². The molecule has 4 aliphatic rings. The van der Waals surface area contributed by atoms with Gasteiger partial charge in [-0.2, -0.15) is 0 Å². The lowest BCUT2D eigenvalue weighted by molar-refractivity contribution is 0.590. The van der Waals surface area contributed by atoms with Crippen molar-refractivity contribution in [1.82, 2.24) is 13.7 Å². The van der Waals surface area contributed by atoms with Gasteiger partial charge < -0.3 is 13.7 Å². The highest BCUT2D eigenvalue weighted by Gasteiger charge is 2.44. The van der Waals surface area contributed by atoms with Gasteiger partial charge in [0.15, 0.2) is 0 Å². The van der Waals surface area contributed by atoms with Crippen LogP contribution in [0.5, 0.6) is 0 Å². The molecule has 0 unspecified atom stereocenters. The van der Waals surface area contributed by atoms with Gasteiger partial charge in [-0.25, -0.2) is 0 Å². The second-order valence-corrected chi connectivity index (χ2v) is 24.0. The fourth-order valence-corrected chi connectivity index (χ4v) is 15.0. The molecular weight excluding hydrogens is 894 g/mol. The summed E-state index contributed by atoms with van der Waals surface area (Å²) in [6, 6.07) is 71.3. The molecule has 11 aromatic carbocycles. The van der Waals surface area contributed by atoms with Crippen LogP contribution in [0.2, 0.25) is 0 Å². The van der Waals surface area contributed by atoms with E-state index in [0.717, 1.165) is 0 Å². The fraction of sp³-hybridized carbons (Fsp3) is 0.114. The van der Waals surface area contributed by atoms with Gasteiger partial charge in [-0.15, -0.1) is 0 Å². The topological polar surface area (TPSA) is 14.8 Å². The van der Waals surface area contributed by atoms with Crippen molar-refractivity contribution in [1.29, 1.82) is 0 Å². The van der Waals surface area contributed by atoms with Gasteiger partial charge in [0, 0.05) is 43.7 Å².